The maximum absolute atomic E-state index is 11.5. The smallest absolute Gasteiger partial charge is 0.302 e. The van der Waals surface area contributed by atoms with Crippen LogP contribution in [0.2, 0.25) is 0 Å². The predicted octanol–water partition coefficient (Wildman–Crippen LogP) is 2.40. The summed E-state index contributed by atoms with van der Waals surface area (Å²) >= 11 is 0. The molecule has 0 atom stereocenters. The lowest BCUT2D eigenvalue weighted by atomic mass is 10.1. The number of Topliss-reactive ketones (excluding diaryl/α,β-unsaturated/α-hetero) is 1. The molecule has 84 valence electrons. The summed E-state index contributed by atoms with van der Waals surface area (Å²) in [6, 6.07) is 0. The van der Waals surface area contributed by atoms with Crippen molar-refractivity contribution < 1.29 is 14.3 Å². The summed E-state index contributed by atoms with van der Waals surface area (Å²) in [7, 11) is 0. The number of hydrogen-bond donors (Lipinski definition) is 0. The SMILES string of the molecule is CC(=O)OCC1=CCCCCCC(=O)C1. The molecule has 0 saturated heterocycles. The van der Waals surface area contributed by atoms with Gasteiger partial charge in [-0.1, -0.05) is 12.5 Å². The Labute approximate surface area is 90.5 Å². The molecule has 0 saturated carbocycles. The minimum atomic E-state index is -0.289. The molecule has 0 radical (unpaired) electrons. The molecule has 1 aliphatic rings. The van der Waals surface area contributed by atoms with E-state index in [1.54, 1.807) is 0 Å². The number of ketones is 1. The molecule has 0 amide bonds. The number of esters is 1. The molecule has 1 aliphatic carbocycles. The van der Waals surface area contributed by atoms with Crippen molar-refractivity contribution in [2.24, 2.45) is 0 Å². The predicted molar refractivity (Wildman–Crippen MR) is 57.4 cm³/mol. The summed E-state index contributed by atoms with van der Waals surface area (Å²) < 4.78 is 4.91. The van der Waals surface area contributed by atoms with Gasteiger partial charge in [-0.15, -0.1) is 0 Å². The minimum Gasteiger partial charge on any atom is -0.461 e. The third-order valence-corrected chi connectivity index (χ3v) is 2.48. The molecular formula is C12H18O3. The van der Waals surface area contributed by atoms with Crippen LogP contribution in [0.5, 0.6) is 0 Å². The Kier molecular flexibility index (Phi) is 5.08. The van der Waals surface area contributed by atoms with Crippen molar-refractivity contribution in [3.63, 3.8) is 0 Å². The van der Waals surface area contributed by atoms with Gasteiger partial charge in [0.05, 0.1) is 0 Å². The lowest BCUT2D eigenvalue weighted by molar-refractivity contribution is -0.140. The highest BCUT2D eigenvalue weighted by Gasteiger charge is 2.09. The Morgan fingerprint density at radius 3 is 2.93 bits per heavy atom. The Morgan fingerprint density at radius 2 is 2.20 bits per heavy atom. The van der Waals surface area contributed by atoms with Gasteiger partial charge in [-0.2, -0.15) is 0 Å². The first-order chi connectivity index (χ1) is 7.18. The van der Waals surface area contributed by atoms with E-state index in [1.807, 2.05) is 6.08 Å². The molecule has 3 heteroatoms. The fourth-order valence-electron chi connectivity index (χ4n) is 1.67. The van der Waals surface area contributed by atoms with Crippen molar-refractivity contribution in [2.75, 3.05) is 6.61 Å². The van der Waals surface area contributed by atoms with E-state index in [-0.39, 0.29) is 18.4 Å². The summed E-state index contributed by atoms with van der Waals surface area (Å²) in [6.45, 7) is 1.67. The van der Waals surface area contributed by atoms with Crippen LogP contribution in [0.1, 0.15) is 45.4 Å². The van der Waals surface area contributed by atoms with Crippen LogP contribution >= 0.6 is 0 Å². The van der Waals surface area contributed by atoms with Crippen molar-refractivity contribution in [2.45, 2.75) is 45.4 Å². The number of carbonyl (C=O) groups is 2. The van der Waals surface area contributed by atoms with Crippen LogP contribution in [-0.4, -0.2) is 18.4 Å². The molecule has 0 heterocycles. The third kappa shape index (κ3) is 5.35. The van der Waals surface area contributed by atoms with E-state index in [0.29, 0.717) is 12.8 Å². The largest absolute Gasteiger partial charge is 0.461 e. The zero-order valence-electron chi connectivity index (χ0n) is 9.25. The van der Waals surface area contributed by atoms with Crippen molar-refractivity contribution in [1.29, 1.82) is 0 Å². The average Bonchev–Trinajstić information content (AvgIpc) is 2.27. The molecule has 0 aliphatic heterocycles. The molecule has 0 aromatic rings. The first-order valence-corrected chi connectivity index (χ1v) is 5.51. The lowest BCUT2D eigenvalue weighted by Gasteiger charge is -2.06. The summed E-state index contributed by atoms with van der Waals surface area (Å²) in [6.07, 6.45) is 7.38. The van der Waals surface area contributed by atoms with Gasteiger partial charge in [-0.25, -0.2) is 0 Å². The number of ether oxygens (including phenoxy) is 1. The standard InChI is InChI=1S/C12H18O3/c1-10(13)15-9-11-6-4-2-3-5-7-12(14)8-11/h6H,2-5,7-9H2,1H3. The van der Waals surface area contributed by atoms with Crippen LogP contribution in [0.4, 0.5) is 0 Å². The Balaban J connectivity index is 2.48. The van der Waals surface area contributed by atoms with E-state index >= 15 is 0 Å². The van der Waals surface area contributed by atoms with Crippen molar-refractivity contribution >= 4 is 11.8 Å². The van der Waals surface area contributed by atoms with Gasteiger partial charge in [0, 0.05) is 19.8 Å². The number of allylic oxidation sites excluding steroid dienone is 1. The normalized spacial score (nSPS) is 18.5. The molecule has 0 fully saturated rings. The van der Waals surface area contributed by atoms with Gasteiger partial charge in [-0.3, -0.25) is 9.59 Å². The fraction of sp³-hybridized carbons (Fsp3) is 0.667. The monoisotopic (exact) mass is 210 g/mol. The van der Waals surface area contributed by atoms with Gasteiger partial charge in [0.2, 0.25) is 0 Å². The third-order valence-electron chi connectivity index (χ3n) is 2.48. The van der Waals surface area contributed by atoms with Gasteiger partial charge in [0.15, 0.2) is 0 Å². The molecule has 0 aromatic heterocycles. The van der Waals surface area contributed by atoms with Crippen LogP contribution < -0.4 is 0 Å². The zero-order chi connectivity index (χ0) is 11.1. The molecule has 15 heavy (non-hydrogen) atoms. The highest BCUT2D eigenvalue weighted by Crippen LogP contribution is 2.14. The molecule has 0 spiro atoms. The van der Waals surface area contributed by atoms with Gasteiger partial charge >= 0.3 is 5.97 Å². The van der Waals surface area contributed by atoms with Gasteiger partial charge in [0.25, 0.3) is 0 Å². The van der Waals surface area contributed by atoms with Crippen LogP contribution in [0, 0.1) is 0 Å². The van der Waals surface area contributed by atoms with E-state index in [2.05, 4.69) is 0 Å². The maximum atomic E-state index is 11.5. The zero-order valence-corrected chi connectivity index (χ0v) is 9.25. The quantitative estimate of drug-likeness (QED) is 0.519. The Hall–Kier alpha value is -1.12. The summed E-state index contributed by atoms with van der Waals surface area (Å²) in [5, 5.41) is 0. The second-order valence-electron chi connectivity index (χ2n) is 3.96. The van der Waals surface area contributed by atoms with E-state index in [4.69, 9.17) is 4.74 Å². The lowest BCUT2D eigenvalue weighted by Crippen LogP contribution is -2.07. The molecule has 1 rings (SSSR count). The molecule has 0 aromatic carbocycles. The highest BCUT2D eigenvalue weighted by atomic mass is 16.5. The van der Waals surface area contributed by atoms with Crippen LogP contribution in [-0.2, 0) is 14.3 Å². The topological polar surface area (TPSA) is 43.4 Å². The molecule has 3 nitrogen and oxygen atoms in total. The molecule has 0 unspecified atom stereocenters. The average molecular weight is 210 g/mol. The molecular weight excluding hydrogens is 192 g/mol. The first kappa shape index (κ1) is 12.0. The minimum absolute atomic E-state index is 0.260. The van der Waals surface area contributed by atoms with Crippen molar-refractivity contribution in [1.82, 2.24) is 0 Å². The highest BCUT2D eigenvalue weighted by molar-refractivity contribution is 5.81. The van der Waals surface area contributed by atoms with Crippen LogP contribution in [0.25, 0.3) is 0 Å². The Bertz CT molecular complexity index is 266. The van der Waals surface area contributed by atoms with Gasteiger partial charge in [0.1, 0.15) is 12.4 Å². The van der Waals surface area contributed by atoms with E-state index in [9.17, 15) is 9.59 Å². The summed E-state index contributed by atoms with van der Waals surface area (Å²) in [5.74, 6) is -0.0291. The molecule has 0 bridgehead atoms. The fourth-order valence-corrected chi connectivity index (χ4v) is 1.67. The van der Waals surface area contributed by atoms with Crippen molar-refractivity contribution in [3.8, 4) is 0 Å². The number of hydrogen-bond acceptors (Lipinski definition) is 3. The first-order valence-electron chi connectivity index (χ1n) is 5.51. The second-order valence-corrected chi connectivity index (χ2v) is 3.96. The van der Waals surface area contributed by atoms with Gasteiger partial charge < -0.3 is 4.74 Å². The number of rotatable bonds is 2. The van der Waals surface area contributed by atoms with Gasteiger partial charge in [-0.05, 0) is 24.8 Å². The van der Waals surface area contributed by atoms with Crippen molar-refractivity contribution in [3.05, 3.63) is 11.6 Å². The van der Waals surface area contributed by atoms with E-state index in [1.165, 1.54) is 6.92 Å². The van der Waals surface area contributed by atoms with Crippen LogP contribution in [0.15, 0.2) is 11.6 Å². The number of carbonyl (C=O) groups excluding carboxylic acids is 2. The van der Waals surface area contributed by atoms with Crippen LogP contribution in [0.3, 0.4) is 0 Å². The molecule has 0 N–H and O–H groups in total. The van der Waals surface area contributed by atoms with E-state index < -0.39 is 0 Å². The summed E-state index contributed by atoms with van der Waals surface area (Å²) in [5.41, 5.74) is 0.956. The Morgan fingerprint density at radius 1 is 1.40 bits per heavy atom. The second kappa shape index (κ2) is 6.38. The maximum Gasteiger partial charge on any atom is 0.302 e. The van der Waals surface area contributed by atoms with E-state index in [0.717, 1.165) is 31.3 Å². The summed E-state index contributed by atoms with van der Waals surface area (Å²) in [4.78, 5) is 22.1.